The molecule has 0 aromatic heterocycles. The lowest BCUT2D eigenvalue weighted by molar-refractivity contribution is -0.141. The molecule has 1 aliphatic rings. The van der Waals surface area contributed by atoms with Gasteiger partial charge >= 0.3 is 5.97 Å². The summed E-state index contributed by atoms with van der Waals surface area (Å²) < 4.78 is 0. The van der Waals surface area contributed by atoms with Crippen LogP contribution in [0, 0.1) is 12.8 Å². The molecule has 0 saturated heterocycles. The molecule has 0 spiro atoms. The third kappa shape index (κ3) is 2.88. The molecule has 1 fully saturated rings. The van der Waals surface area contributed by atoms with Gasteiger partial charge in [-0.05, 0) is 38.3 Å². The van der Waals surface area contributed by atoms with Crippen LogP contribution < -0.4 is 5.32 Å². The minimum absolute atomic E-state index is 0.0140. The second-order valence-corrected chi connectivity index (χ2v) is 4.88. The van der Waals surface area contributed by atoms with Crippen LogP contribution in [0.3, 0.4) is 0 Å². The van der Waals surface area contributed by atoms with Crippen molar-refractivity contribution in [3.05, 3.63) is 35.4 Å². The van der Waals surface area contributed by atoms with E-state index in [2.05, 4.69) is 5.32 Å². The second kappa shape index (κ2) is 5.21. The molecule has 2 rings (SSSR count). The van der Waals surface area contributed by atoms with Gasteiger partial charge in [-0.2, -0.15) is 0 Å². The summed E-state index contributed by atoms with van der Waals surface area (Å²) in [6.45, 7) is 1.97. The number of benzene rings is 1. The molecule has 2 N–H and O–H groups in total. The highest BCUT2D eigenvalue weighted by molar-refractivity contribution is 5.94. The van der Waals surface area contributed by atoms with Gasteiger partial charge in [-0.1, -0.05) is 17.7 Å². The minimum atomic E-state index is -0.762. The van der Waals surface area contributed by atoms with Crippen molar-refractivity contribution in [3.8, 4) is 0 Å². The Kier molecular flexibility index (Phi) is 3.65. The number of amides is 1. The summed E-state index contributed by atoms with van der Waals surface area (Å²) in [5.41, 5.74) is 1.73. The summed E-state index contributed by atoms with van der Waals surface area (Å²) in [6, 6.07) is 7.34. The van der Waals surface area contributed by atoms with E-state index in [0.29, 0.717) is 18.4 Å². The standard InChI is InChI=1S/C14H17NO3/c1-9-2-4-10(5-3-9)13(16)15-12-7-6-11(8-12)14(17)18/h2-5,11-12H,6-8H2,1H3,(H,15,16)(H,17,18)/t11-,12+/m0/s1. The van der Waals surface area contributed by atoms with E-state index in [1.807, 2.05) is 19.1 Å². The number of carboxylic acid groups (broad SMARTS) is 1. The molecule has 1 aromatic rings. The van der Waals surface area contributed by atoms with Crippen molar-refractivity contribution in [2.75, 3.05) is 0 Å². The number of carboxylic acids is 1. The number of aliphatic carboxylic acids is 1. The summed E-state index contributed by atoms with van der Waals surface area (Å²) >= 11 is 0. The SMILES string of the molecule is Cc1ccc(C(=O)N[C@@H]2CC[C@H](C(=O)O)C2)cc1. The van der Waals surface area contributed by atoms with Crippen LogP contribution in [0.25, 0.3) is 0 Å². The Morgan fingerprint density at radius 1 is 1.22 bits per heavy atom. The zero-order valence-electron chi connectivity index (χ0n) is 10.3. The van der Waals surface area contributed by atoms with Crippen LogP contribution in [-0.2, 0) is 4.79 Å². The van der Waals surface area contributed by atoms with Crippen LogP contribution in [0.15, 0.2) is 24.3 Å². The quantitative estimate of drug-likeness (QED) is 0.858. The Balaban J connectivity index is 1.92. The maximum absolute atomic E-state index is 11.9. The average Bonchev–Trinajstić information content (AvgIpc) is 2.78. The summed E-state index contributed by atoms with van der Waals surface area (Å²) in [7, 11) is 0. The molecule has 2 atom stereocenters. The fraction of sp³-hybridized carbons (Fsp3) is 0.429. The van der Waals surface area contributed by atoms with Gasteiger partial charge in [0.05, 0.1) is 5.92 Å². The topological polar surface area (TPSA) is 66.4 Å². The third-order valence-electron chi connectivity index (χ3n) is 3.43. The third-order valence-corrected chi connectivity index (χ3v) is 3.43. The molecule has 0 aliphatic heterocycles. The maximum Gasteiger partial charge on any atom is 0.306 e. The van der Waals surface area contributed by atoms with Gasteiger partial charge in [-0.3, -0.25) is 9.59 Å². The molecule has 4 heteroatoms. The first kappa shape index (κ1) is 12.6. The number of rotatable bonds is 3. The Labute approximate surface area is 106 Å². The van der Waals surface area contributed by atoms with Crippen molar-refractivity contribution in [1.82, 2.24) is 5.32 Å². The number of carbonyl (C=O) groups is 2. The fourth-order valence-electron chi connectivity index (χ4n) is 2.31. The summed E-state index contributed by atoms with van der Waals surface area (Å²) in [5.74, 6) is -1.19. The first-order valence-corrected chi connectivity index (χ1v) is 6.16. The monoisotopic (exact) mass is 247 g/mol. The van der Waals surface area contributed by atoms with E-state index < -0.39 is 5.97 Å². The van der Waals surface area contributed by atoms with E-state index >= 15 is 0 Å². The number of hydrogen-bond donors (Lipinski definition) is 2. The highest BCUT2D eigenvalue weighted by atomic mass is 16.4. The number of aryl methyl sites for hydroxylation is 1. The van der Waals surface area contributed by atoms with Crippen LogP contribution >= 0.6 is 0 Å². The number of nitrogens with one attached hydrogen (secondary N) is 1. The summed E-state index contributed by atoms with van der Waals surface area (Å²) in [4.78, 5) is 22.8. The lowest BCUT2D eigenvalue weighted by atomic mass is 10.1. The molecular weight excluding hydrogens is 230 g/mol. The average molecular weight is 247 g/mol. The maximum atomic E-state index is 11.9. The second-order valence-electron chi connectivity index (χ2n) is 4.88. The van der Waals surface area contributed by atoms with Crippen molar-refractivity contribution < 1.29 is 14.7 Å². The van der Waals surface area contributed by atoms with E-state index in [4.69, 9.17) is 5.11 Å². The molecule has 1 saturated carbocycles. The Morgan fingerprint density at radius 3 is 2.44 bits per heavy atom. The Bertz CT molecular complexity index is 453. The van der Waals surface area contributed by atoms with E-state index in [-0.39, 0.29) is 17.9 Å². The van der Waals surface area contributed by atoms with Gasteiger partial charge in [-0.25, -0.2) is 0 Å². The van der Waals surface area contributed by atoms with E-state index in [1.54, 1.807) is 12.1 Å². The fourth-order valence-corrected chi connectivity index (χ4v) is 2.31. The minimum Gasteiger partial charge on any atom is -0.481 e. The molecular formula is C14H17NO3. The molecule has 0 unspecified atom stereocenters. The predicted molar refractivity (Wildman–Crippen MR) is 67.4 cm³/mol. The van der Waals surface area contributed by atoms with Crippen LogP contribution in [0.1, 0.15) is 35.2 Å². The lowest BCUT2D eigenvalue weighted by Gasteiger charge is -2.12. The highest BCUT2D eigenvalue weighted by Gasteiger charge is 2.30. The molecule has 18 heavy (non-hydrogen) atoms. The summed E-state index contributed by atoms with van der Waals surface area (Å²) in [6.07, 6.45) is 1.93. The molecule has 0 bridgehead atoms. The van der Waals surface area contributed by atoms with Gasteiger partial charge < -0.3 is 10.4 Å². The molecule has 0 heterocycles. The van der Waals surface area contributed by atoms with Gasteiger partial charge in [0.25, 0.3) is 5.91 Å². The normalized spacial score (nSPS) is 22.7. The van der Waals surface area contributed by atoms with Gasteiger partial charge in [0.1, 0.15) is 0 Å². The van der Waals surface area contributed by atoms with Gasteiger partial charge in [0.15, 0.2) is 0 Å². The highest BCUT2D eigenvalue weighted by Crippen LogP contribution is 2.25. The largest absolute Gasteiger partial charge is 0.481 e. The number of carbonyl (C=O) groups excluding carboxylic acids is 1. The smallest absolute Gasteiger partial charge is 0.306 e. The Hall–Kier alpha value is -1.84. The van der Waals surface area contributed by atoms with Gasteiger partial charge in [-0.15, -0.1) is 0 Å². The van der Waals surface area contributed by atoms with Crippen molar-refractivity contribution >= 4 is 11.9 Å². The first-order valence-electron chi connectivity index (χ1n) is 6.16. The molecule has 1 aliphatic carbocycles. The molecule has 0 radical (unpaired) electrons. The van der Waals surface area contributed by atoms with E-state index in [9.17, 15) is 9.59 Å². The van der Waals surface area contributed by atoms with Crippen LogP contribution in [0.2, 0.25) is 0 Å². The predicted octanol–water partition coefficient (Wildman–Crippen LogP) is 1.98. The van der Waals surface area contributed by atoms with Crippen molar-refractivity contribution in [2.24, 2.45) is 5.92 Å². The van der Waals surface area contributed by atoms with Gasteiger partial charge in [0, 0.05) is 11.6 Å². The first-order chi connectivity index (χ1) is 8.56. The van der Waals surface area contributed by atoms with Crippen molar-refractivity contribution in [3.63, 3.8) is 0 Å². The molecule has 1 amide bonds. The van der Waals surface area contributed by atoms with Crippen molar-refractivity contribution in [2.45, 2.75) is 32.2 Å². The van der Waals surface area contributed by atoms with Gasteiger partial charge in [0.2, 0.25) is 0 Å². The van der Waals surface area contributed by atoms with Crippen molar-refractivity contribution in [1.29, 1.82) is 0 Å². The van der Waals surface area contributed by atoms with E-state index in [0.717, 1.165) is 12.0 Å². The van der Waals surface area contributed by atoms with E-state index in [1.165, 1.54) is 0 Å². The summed E-state index contributed by atoms with van der Waals surface area (Å²) in [5, 5.41) is 11.8. The molecule has 96 valence electrons. The lowest BCUT2D eigenvalue weighted by Crippen LogP contribution is -2.33. The van der Waals surface area contributed by atoms with Crippen LogP contribution in [0.5, 0.6) is 0 Å². The van der Waals surface area contributed by atoms with Crippen LogP contribution in [0.4, 0.5) is 0 Å². The Morgan fingerprint density at radius 2 is 1.89 bits per heavy atom. The molecule has 1 aromatic carbocycles. The zero-order chi connectivity index (χ0) is 13.1. The van der Waals surface area contributed by atoms with Crippen LogP contribution in [-0.4, -0.2) is 23.0 Å². The number of hydrogen-bond acceptors (Lipinski definition) is 2. The zero-order valence-corrected chi connectivity index (χ0v) is 10.3. The molecule has 4 nitrogen and oxygen atoms in total.